The fourth-order valence-corrected chi connectivity index (χ4v) is 3.72. The van der Waals surface area contributed by atoms with Crippen LogP contribution in [0.15, 0.2) is 0 Å². The lowest BCUT2D eigenvalue weighted by atomic mass is 9.96. The van der Waals surface area contributed by atoms with Gasteiger partial charge in [0.2, 0.25) is 0 Å². The average Bonchev–Trinajstić information content (AvgIpc) is 2.58. The quantitative estimate of drug-likeness (QED) is 0.178. The molecule has 0 saturated heterocycles. The molecule has 0 aromatic carbocycles. The molecule has 0 spiro atoms. The van der Waals surface area contributed by atoms with E-state index in [0.29, 0.717) is 17.4 Å². The average molecular weight is 414 g/mol. The summed E-state index contributed by atoms with van der Waals surface area (Å²) in [5.41, 5.74) is 0. The van der Waals surface area contributed by atoms with Crippen molar-refractivity contribution in [2.75, 3.05) is 27.7 Å². The number of esters is 1. The van der Waals surface area contributed by atoms with Gasteiger partial charge in [-0.15, -0.1) is 0 Å². The van der Waals surface area contributed by atoms with Crippen LogP contribution in [-0.4, -0.2) is 50.2 Å². The summed E-state index contributed by atoms with van der Waals surface area (Å²) in [6.45, 7) is 5.09. The minimum atomic E-state index is -1.17. The molecule has 0 aromatic rings. The Bertz CT molecular complexity index is 431. The number of unbranched alkanes of at least 4 members (excludes halogenated alkanes) is 8. The van der Waals surface area contributed by atoms with Crippen molar-refractivity contribution in [3.05, 3.63) is 0 Å². The Morgan fingerprint density at radius 2 is 1.38 bits per heavy atom. The predicted molar refractivity (Wildman–Crippen MR) is 117 cm³/mol. The van der Waals surface area contributed by atoms with Crippen LogP contribution < -0.4 is 5.11 Å². The van der Waals surface area contributed by atoms with Crippen molar-refractivity contribution in [2.45, 2.75) is 110 Å². The summed E-state index contributed by atoms with van der Waals surface area (Å²) in [5.74, 6) is -0.638. The normalized spacial score (nSPS) is 13.8. The van der Waals surface area contributed by atoms with Gasteiger partial charge in [-0.2, -0.15) is 0 Å². The van der Waals surface area contributed by atoms with E-state index in [2.05, 4.69) is 13.8 Å². The van der Waals surface area contributed by atoms with Crippen molar-refractivity contribution in [3.63, 3.8) is 0 Å². The number of carbonyl (C=O) groups is 2. The van der Waals surface area contributed by atoms with Crippen LogP contribution in [0.3, 0.4) is 0 Å². The van der Waals surface area contributed by atoms with E-state index in [9.17, 15) is 14.7 Å². The maximum Gasteiger partial charge on any atom is 0.306 e. The summed E-state index contributed by atoms with van der Waals surface area (Å²) < 4.78 is 5.93. The summed E-state index contributed by atoms with van der Waals surface area (Å²) in [5, 5.41) is 10.9. The zero-order valence-corrected chi connectivity index (χ0v) is 19.8. The van der Waals surface area contributed by atoms with Crippen LogP contribution in [0.2, 0.25) is 0 Å². The Labute approximate surface area is 179 Å². The van der Waals surface area contributed by atoms with Crippen LogP contribution in [0, 0.1) is 5.92 Å². The highest BCUT2D eigenvalue weighted by Crippen LogP contribution is 2.18. The fraction of sp³-hybridized carbons (Fsp3) is 0.917. The molecule has 0 bridgehead atoms. The van der Waals surface area contributed by atoms with Gasteiger partial charge in [0.25, 0.3) is 0 Å². The lowest BCUT2D eigenvalue weighted by Gasteiger charge is -2.29. The minimum Gasteiger partial charge on any atom is -0.550 e. The van der Waals surface area contributed by atoms with Gasteiger partial charge in [0.05, 0.1) is 21.1 Å². The molecule has 29 heavy (non-hydrogen) atoms. The van der Waals surface area contributed by atoms with Crippen LogP contribution in [0.5, 0.6) is 0 Å². The Kier molecular flexibility index (Phi) is 16.0. The van der Waals surface area contributed by atoms with E-state index in [-0.39, 0.29) is 12.4 Å². The van der Waals surface area contributed by atoms with Gasteiger partial charge in [-0.1, -0.05) is 84.5 Å². The molecule has 0 aliphatic rings. The van der Waals surface area contributed by atoms with Gasteiger partial charge in [0.15, 0.2) is 6.10 Å². The monoisotopic (exact) mass is 413 g/mol. The summed E-state index contributed by atoms with van der Waals surface area (Å²) in [6, 6.07) is 0. The molecule has 0 saturated carbocycles. The van der Waals surface area contributed by atoms with Gasteiger partial charge in [0.1, 0.15) is 6.54 Å². The molecule has 2 unspecified atom stereocenters. The third kappa shape index (κ3) is 20.0. The van der Waals surface area contributed by atoms with E-state index in [1.807, 2.05) is 21.1 Å². The first-order valence-electron chi connectivity index (χ1n) is 11.8. The van der Waals surface area contributed by atoms with Gasteiger partial charge in [-0.05, 0) is 12.3 Å². The lowest BCUT2D eigenvalue weighted by molar-refractivity contribution is -0.873. The molecule has 0 N–H and O–H groups in total. The second kappa shape index (κ2) is 16.7. The van der Waals surface area contributed by atoms with E-state index in [0.717, 1.165) is 25.2 Å². The van der Waals surface area contributed by atoms with Gasteiger partial charge < -0.3 is 19.1 Å². The second-order valence-electron chi connectivity index (χ2n) is 9.78. The van der Waals surface area contributed by atoms with Crippen LogP contribution in [0.25, 0.3) is 0 Å². The number of hydrogen-bond acceptors (Lipinski definition) is 4. The minimum absolute atomic E-state index is 0.238. The van der Waals surface area contributed by atoms with Crippen LogP contribution in [0.1, 0.15) is 104 Å². The molecule has 0 heterocycles. The Morgan fingerprint density at radius 1 is 0.862 bits per heavy atom. The fourth-order valence-electron chi connectivity index (χ4n) is 3.72. The highest BCUT2D eigenvalue weighted by molar-refractivity contribution is 5.70. The molecule has 5 nitrogen and oxygen atoms in total. The number of carboxylic acids is 1. The smallest absolute Gasteiger partial charge is 0.306 e. The topological polar surface area (TPSA) is 66.4 Å². The van der Waals surface area contributed by atoms with E-state index < -0.39 is 12.1 Å². The van der Waals surface area contributed by atoms with E-state index in [1.54, 1.807) is 0 Å². The highest BCUT2D eigenvalue weighted by Gasteiger charge is 2.22. The van der Waals surface area contributed by atoms with Crippen LogP contribution in [0.4, 0.5) is 0 Å². The number of aliphatic carboxylic acids is 1. The Morgan fingerprint density at radius 3 is 1.90 bits per heavy atom. The number of rotatable bonds is 19. The number of ether oxygens (including phenoxy) is 1. The van der Waals surface area contributed by atoms with Crippen LogP contribution in [-0.2, 0) is 14.3 Å². The molecule has 0 aromatic heterocycles. The second-order valence-corrected chi connectivity index (χ2v) is 9.78. The highest BCUT2D eigenvalue weighted by atomic mass is 16.5. The van der Waals surface area contributed by atoms with E-state index >= 15 is 0 Å². The molecule has 2 atom stereocenters. The van der Waals surface area contributed by atoms with Crippen molar-refractivity contribution >= 4 is 11.9 Å². The van der Waals surface area contributed by atoms with Crippen molar-refractivity contribution in [2.24, 2.45) is 5.92 Å². The predicted octanol–water partition coefficient (Wildman–Crippen LogP) is 4.47. The first-order chi connectivity index (χ1) is 13.6. The largest absolute Gasteiger partial charge is 0.550 e. The van der Waals surface area contributed by atoms with Gasteiger partial charge in [-0.3, -0.25) is 4.79 Å². The SMILES string of the molecule is CCCCCCCC(C)CCCCCCCC(=O)OC(CC(=O)[O-])C[N+](C)(C)C. The molecule has 0 radical (unpaired) electrons. The van der Waals surface area contributed by atoms with E-state index in [4.69, 9.17) is 4.74 Å². The van der Waals surface area contributed by atoms with Crippen molar-refractivity contribution in [1.29, 1.82) is 0 Å². The molecule has 0 amide bonds. The number of quaternary nitrogens is 1. The molecule has 172 valence electrons. The third-order valence-electron chi connectivity index (χ3n) is 5.32. The first kappa shape index (κ1) is 27.9. The molecular formula is C24H47NO4. The van der Waals surface area contributed by atoms with Gasteiger partial charge >= 0.3 is 5.97 Å². The molecular weight excluding hydrogens is 366 g/mol. The first-order valence-corrected chi connectivity index (χ1v) is 11.8. The van der Waals surface area contributed by atoms with E-state index in [1.165, 1.54) is 57.8 Å². The number of likely N-dealkylation sites (N-methyl/N-ethyl adjacent to an activating group) is 1. The summed E-state index contributed by atoms with van der Waals surface area (Å²) in [4.78, 5) is 22.9. The summed E-state index contributed by atoms with van der Waals surface area (Å²) in [6.07, 6.45) is 14.5. The zero-order chi connectivity index (χ0) is 22.1. The lowest BCUT2D eigenvalue weighted by Crippen LogP contribution is -2.45. The molecule has 5 heteroatoms. The van der Waals surface area contributed by atoms with Crippen molar-refractivity contribution in [1.82, 2.24) is 0 Å². The number of nitrogens with zero attached hydrogens (tertiary/aromatic N) is 1. The Balaban J connectivity index is 3.75. The molecule has 0 rings (SSSR count). The molecule has 0 aliphatic carbocycles. The molecule has 0 aliphatic heterocycles. The van der Waals surface area contributed by atoms with Gasteiger partial charge in [0, 0.05) is 18.8 Å². The van der Waals surface area contributed by atoms with Crippen LogP contribution >= 0.6 is 0 Å². The van der Waals surface area contributed by atoms with Crippen molar-refractivity contribution < 1.29 is 23.9 Å². The van der Waals surface area contributed by atoms with Crippen molar-refractivity contribution in [3.8, 4) is 0 Å². The standard InChI is InChI=1S/C24H47NO4/c1-6-7-8-10-13-16-21(2)17-14-11-9-12-15-18-24(28)29-22(19-23(26)27)20-25(3,4)5/h21-22H,6-20H2,1-5H3. The number of hydrogen-bond donors (Lipinski definition) is 0. The van der Waals surface area contributed by atoms with Gasteiger partial charge in [-0.25, -0.2) is 0 Å². The maximum absolute atomic E-state index is 12.0. The molecule has 0 fully saturated rings. The summed E-state index contributed by atoms with van der Waals surface area (Å²) >= 11 is 0. The Hall–Kier alpha value is -1.10. The summed E-state index contributed by atoms with van der Waals surface area (Å²) in [7, 11) is 5.84. The maximum atomic E-state index is 12.0. The zero-order valence-electron chi connectivity index (χ0n) is 19.8. The number of carboxylic acid groups (broad SMARTS) is 1. The third-order valence-corrected chi connectivity index (χ3v) is 5.32. The number of carbonyl (C=O) groups excluding carboxylic acids is 2.